The average molecular weight is 307 g/mol. The third-order valence-corrected chi connectivity index (χ3v) is 2.89. The van der Waals surface area contributed by atoms with Crippen molar-refractivity contribution in [3.05, 3.63) is 65.5 Å². The van der Waals surface area contributed by atoms with Gasteiger partial charge in [-0.15, -0.1) is 0 Å². The molecule has 0 aliphatic carbocycles. The number of methoxy groups -OCH3 is 1. The summed E-state index contributed by atoms with van der Waals surface area (Å²) in [5.41, 5.74) is -0.920. The van der Waals surface area contributed by atoms with Crippen LogP contribution in [0.25, 0.3) is 6.08 Å². The van der Waals surface area contributed by atoms with Gasteiger partial charge in [0.05, 0.1) is 12.7 Å². The second-order valence-corrected chi connectivity index (χ2v) is 4.34. The molecular formula is C16H12F3NO2. The molecule has 0 unspecified atom stereocenters. The van der Waals surface area contributed by atoms with E-state index in [9.17, 15) is 18.0 Å². The van der Waals surface area contributed by atoms with Gasteiger partial charge >= 0.3 is 6.18 Å². The summed E-state index contributed by atoms with van der Waals surface area (Å²) in [5.74, 6) is -0.0891. The minimum Gasteiger partial charge on any atom is -0.496 e. The first-order chi connectivity index (χ1) is 10.4. The van der Waals surface area contributed by atoms with E-state index in [1.165, 1.54) is 19.2 Å². The SMILES string of the molecule is COc1ccccc1C(=O)C=Cc1cccnc1C(F)(F)F. The molecule has 0 atom stereocenters. The van der Waals surface area contributed by atoms with E-state index in [0.717, 1.165) is 18.3 Å². The van der Waals surface area contributed by atoms with Crippen molar-refractivity contribution in [2.45, 2.75) is 6.18 Å². The number of ether oxygens (including phenoxy) is 1. The van der Waals surface area contributed by atoms with Crippen molar-refractivity contribution in [1.82, 2.24) is 4.98 Å². The molecule has 114 valence electrons. The van der Waals surface area contributed by atoms with E-state index in [1.54, 1.807) is 24.3 Å². The Balaban J connectivity index is 2.32. The minimum atomic E-state index is -4.57. The normalized spacial score (nSPS) is 11.6. The molecule has 0 saturated carbocycles. The average Bonchev–Trinajstić information content (AvgIpc) is 2.52. The summed E-state index contributed by atoms with van der Waals surface area (Å²) in [4.78, 5) is 15.4. The molecule has 0 bridgehead atoms. The van der Waals surface area contributed by atoms with Crippen LogP contribution in [0.15, 0.2) is 48.7 Å². The first-order valence-corrected chi connectivity index (χ1v) is 6.31. The van der Waals surface area contributed by atoms with Gasteiger partial charge in [-0.25, -0.2) is 0 Å². The van der Waals surface area contributed by atoms with E-state index in [4.69, 9.17) is 4.74 Å². The highest BCUT2D eigenvalue weighted by molar-refractivity contribution is 6.08. The molecule has 0 fully saturated rings. The molecular weight excluding hydrogens is 295 g/mol. The number of rotatable bonds is 4. The van der Waals surface area contributed by atoms with E-state index in [1.807, 2.05) is 0 Å². The predicted molar refractivity (Wildman–Crippen MR) is 75.6 cm³/mol. The van der Waals surface area contributed by atoms with Crippen LogP contribution in [-0.2, 0) is 6.18 Å². The summed E-state index contributed by atoms with van der Waals surface area (Å²) in [6.07, 6.45) is -1.34. The Morgan fingerprint density at radius 2 is 1.91 bits per heavy atom. The third-order valence-electron chi connectivity index (χ3n) is 2.89. The fourth-order valence-corrected chi connectivity index (χ4v) is 1.89. The number of nitrogens with zero attached hydrogens (tertiary/aromatic N) is 1. The van der Waals surface area contributed by atoms with Crippen molar-refractivity contribution >= 4 is 11.9 Å². The monoisotopic (exact) mass is 307 g/mol. The lowest BCUT2D eigenvalue weighted by Gasteiger charge is -2.08. The zero-order valence-electron chi connectivity index (χ0n) is 11.6. The molecule has 1 aromatic heterocycles. The fourth-order valence-electron chi connectivity index (χ4n) is 1.89. The minimum absolute atomic E-state index is 0.168. The number of carbonyl (C=O) groups excluding carboxylic acids is 1. The largest absolute Gasteiger partial charge is 0.496 e. The highest BCUT2D eigenvalue weighted by Crippen LogP contribution is 2.30. The molecule has 0 spiro atoms. The van der Waals surface area contributed by atoms with Gasteiger partial charge in [0.25, 0.3) is 0 Å². The molecule has 3 nitrogen and oxygen atoms in total. The van der Waals surface area contributed by atoms with Crippen molar-refractivity contribution in [1.29, 1.82) is 0 Å². The molecule has 2 aromatic rings. The van der Waals surface area contributed by atoms with Crippen LogP contribution in [-0.4, -0.2) is 17.9 Å². The van der Waals surface area contributed by atoms with Gasteiger partial charge in [0.2, 0.25) is 0 Å². The molecule has 0 N–H and O–H groups in total. The number of pyridine rings is 1. The second kappa shape index (κ2) is 6.43. The Labute approximate surface area is 125 Å². The van der Waals surface area contributed by atoms with Gasteiger partial charge in [-0.05, 0) is 30.4 Å². The Morgan fingerprint density at radius 1 is 1.18 bits per heavy atom. The first-order valence-electron chi connectivity index (χ1n) is 6.31. The van der Waals surface area contributed by atoms with Crippen molar-refractivity contribution in [2.75, 3.05) is 7.11 Å². The predicted octanol–water partition coefficient (Wildman–Crippen LogP) is 4.01. The van der Waals surface area contributed by atoms with E-state index in [-0.39, 0.29) is 11.1 Å². The van der Waals surface area contributed by atoms with Crippen LogP contribution >= 0.6 is 0 Å². The van der Waals surface area contributed by atoms with Crippen molar-refractivity contribution < 1.29 is 22.7 Å². The molecule has 0 saturated heterocycles. The molecule has 0 radical (unpaired) electrons. The summed E-state index contributed by atoms with van der Waals surface area (Å²) in [7, 11) is 1.42. The van der Waals surface area contributed by atoms with Crippen molar-refractivity contribution in [3.63, 3.8) is 0 Å². The standard InChI is InChI=1S/C16H12F3NO2/c1-22-14-7-3-2-6-12(14)13(21)9-8-11-5-4-10-20-15(11)16(17,18)19/h2-10H,1H3. The number of benzene rings is 1. The van der Waals surface area contributed by atoms with Crippen LogP contribution in [0.3, 0.4) is 0 Å². The number of hydrogen-bond acceptors (Lipinski definition) is 3. The summed E-state index contributed by atoms with van der Waals surface area (Å²) in [6.45, 7) is 0. The zero-order valence-corrected chi connectivity index (χ0v) is 11.6. The van der Waals surface area contributed by atoms with Crippen LogP contribution in [0.4, 0.5) is 13.2 Å². The second-order valence-electron chi connectivity index (χ2n) is 4.34. The molecule has 0 aliphatic rings. The number of carbonyl (C=O) groups is 1. The number of allylic oxidation sites excluding steroid dienone is 1. The van der Waals surface area contributed by atoms with Crippen molar-refractivity contribution in [2.24, 2.45) is 0 Å². The molecule has 0 amide bonds. The van der Waals surface area contributed by atoms with Gasteiger partial charge in [-0.2, -0.15) is 13.2 Å². The highest BCUT2D eigenvalue weighted by atomic mass is 19.4. The van der Waals surface area contributed by atoms with Crippen LogP contribution in [0.1, 0.15) is 21.6 Å². The number of aromatic nitrogens is 1. The quantitative estimate of drug-likeness (QED) is 0.633. The molecule has 0 aliphatic heterocycles. The van der Waals surface area contributed by atoms with Gasteiger partial charge in [0.15, 0.2) is 11.5 Å². The lowest BCUT2D eigenvalue weighted by Crippen LogP contribution is -2.10. The molecule has 2 rings (SSSR count). The number of ketones is 1. The molecule has 1 aromatic carbocycles. The maximum absolute atomic E-state index is 12.8. The first kappa shape index (κ1) is 15.8. The topological polar surface area (TPSA) is 39.2 Å². The van der Waals surface area contributed by atoms with Crippen LogP contribution < -0.4 is 4.74 Å². The number of para-hydroxylation sites is 1. The Kier molecular flexibility index (Phi) is 4.60. The van der Waals surface area contributed by atoms with Gasteiger partial charge in [-0.1, -0.05) is 18.2 Å². The van der Waals surface area contributed by atoms with E-state index < -0.39 is 17.7 Å². The summed E-state index contributed by atoms with van der Waals surface area (Å²) >= 11 is 0. The van der Waals surface area contributed by atoms with Gasteiger partial charge in [-0.3, -0.25) is 9.78 Å². The molecule has 1 heterocycles. The Hall–Kier alpha value is -2.63. The number of hydrogen-bond donors (Lipinski definition) is 0. The molecule has 6 heteroatoms. The zero-order chi connectivity index (χ0) is 16.2. The fraction of sp³-hybridized carbons (Fsp3) is 0.125. The van der Waals surface area contributed by atoms with Crippen LogP contribution in [0, 0.1) is 0 Å². The maximum Gasteiger partial charge on any atom is 0.433 e. The third kappa shape index (κ3) is 3.52. The number of alkyl halides is 3. The lowest BCUT2D eigenvalue weighted by atomic mass is 10.1. The van der Waals surface area contributed by atoms with Gasteiger partial charge < -0.3 is 4.74 Å². The summed E-state index contributed by atoms with van der Waals surface area (Å²) < 4.78 is 43.5. The number of halogens is 3. The van der Waals surface area contributed by atoms with Crippen molar-refractivity contribution in [3.8, 4) is 5.75 Å². The summed E-state index contributed by atoms with van der Waals surface area (Å²) in [6, 6.07) is 9.12. The Bertz CT molecular complexity index is 709. The maximum atomic E-state index is 12.8. The van der Waals surface area contributed by atoms with E-state index >= 15 is 0 Å². The van der Waals surface area contributed by atoms with E-state index in [0.29, 0.717) is 5.75 Å². The van der Waals surface area contributed by atoms with Crippen LogP contribution in [0.2, 0.25) is 0 Å². The molecule has 22 heavy (non-hydrogen) atoms. The smallest absolute Gasteiger partial charge is 0.433 e. The van der Waals surface area contributed by atoms with E-state index in [2.05, 4.69) is 4.98 Å². The lowest BCUT2D eigenvalue weighted by molar-refractivity contribution is -0.141. The summed E-state index contributed by atoms with van der Waals surface area (Å²) in [5, 5.41) is 0. The van der Waals surface area contributed by atoms with Crippen LogP contribution in [0.5, 0.6) is 5.75 Å². The Morgan fingerprint density at radius 3 is 2.59 bits per heavy atom. The van der Waals surface area contributed by atoms with Gasteiger partial charge in [0.1, 0.15) is 5.75 Å². The van der Waals surface area contributed by atoms with Gasteiger partial charge in [0, 0.05) is 11.8 Å². The highest BCUT2D eigenvalue weighted by Gasteiger charge is 2.34.